The van der Waals surface area contributed by atoms with E-state index in [4.69, 9.17) is 9.47 Å². The lowest BCUT2D eigenvalue weighted by molar-refractivity contribution is -0.147. The number of ketones is 1. The Bertz CT molecular complexity index is 948. The van der Waals surface area contributed by atoms with E-state index in [1.54, 1.807) is 48.5 Å². The molecule has 3 rings (SSSR count). The van der Waals surface area contributed by atoms with Crippen LogP contribution in [-0.4, -0.2) is 48.2 Å². The highest BCUT2D eigenvalue weighted by molar-refractivity contribution is 6.22. The topological polar surface area (TPSA) is 90.0 Å². The Morgan fingerprint density at radius 2 is 1.67 bits per heavy atom. The molecule has 1 aliphatic rings. The molecule has 2 amide bonds. The second-order valence-electron chi connectivity index (χ2n) is 6.95. The number of amides is 2. The van der Waals surface area contributed by atoms with E-state index >= 15 is 0 Å². The van der Waals surface area contributed by atoms with E-state index in [1.165, 1.54) is 7.11 Å². The first kappa shape index (κ1) is 21.2. The highest BCUT2D eigenvalue weighted by Gasteiger charge is 2.43. The number of imide groups is 1. The molecule has 156 valence electrons. The Hall–Kier alpha value is -3.48. The zero-order valence-corrected chi connectivity index (χ0v) is 16.9. The fourth-order valence-electron chi connectivity index (χ4n) is 3.35. The minimum Gasteiger partial charge on any atom is -0.497 e. The summed E-state index contributed by atoms with van der Waals surface area (Å²) in [5.74, 6) is -1.70. The molecule has 0 fully saturated rings. The van der Waals surface area contributed by atoms with Crippen molar-refractivity contribution in [2.24, 2.45) is 0 Å². The molecule has 0 bridgehead atoms. The summed E-state index contributed by atoms with van der Waals surface area (Å²) in [5, 5.41) is 0. The molecular formula is C23H23NO6. The van der Waals surface area contributed by atoms with Gasteiger partial charge in [-0.05, 0) is 30.7 Å². The van der Waals surface area contributed by atoms with Crippen molar-refractivity contribution in [3.05, 3.63) is 65.2 Å². The number of benzene rings is 2. The fraction of sp³-hybridized carbons (Fsp3) is 0.304. The number of carbonyl (C=O) groups is 4. The van der Waals surface area contributed by atoms with Gasteiger partial charge in [0.05, 0.1) is 18.2 Å². The summed E-state index contributed by atoms with van der Waals surface area (Å²) in [5.41, 5.74) is 0.876. The summed E-state index contributed by atoms with van der Waals surface area (Å²) in [6.45, 7) is 1.45. The lowest BCUT2D eigenvalue weighted by Gasteiger charge is -2.24. The van der Waals surface area contributed by atoms with E-state index in [1.807, 2.05) is 6.92 Å². The third-order valence-corrected chi connectivity index (χ3v) is 4.98. The van der Waals surface area contributed by atoms with Crippen molar-refractivity contribution < 1.29 is 28.7 Å². The Balaban J connectivity index is 1.74. The molecule has 0 radical (unpaired) electrons. The molecule has 1 aliphatic heterocycles. The van der Waals surface area contributed by atoms with Gasteiger partial charge >= 0.3 is 5.97 Å². The van der Waals surface area contributed by atoms with E-state index in [9.17, 15) is 19.2 Å². The number of esters is 1. The van der Waals surface area contributed by atoms with Crippen LogP contribution >= 0.6 is 0 Å². The predicted octanol–water partition coefficient (Wildman–Crippen LogP) is 3.28. The summed E-state index contributed by atoms with van der Waals surface area (Å²) in [6.07, 6.45) is 1.67. The molecule has 0 saturated carbocycles. The number of hydrogen-bond acceptors (Lipinski definition) is 6. The van der Waals surface area contributed by atoms with Crippen LogP contribution in [0.4, 0.5) is 0 Å². The molecule has 7 nitrogen and oxygen atoms in total. The van der Waals surface area contributed by atoms with Gasteiger partial charge in [-0.25, -0.2) is 4.79 Å². The molecule has 2 aromatic carbocycles. The third kappa shape index (κ3) is 4.25. The number of rotatable bonds is 9. The van der Waals surface area contributed by atoms with E-state index in [0.29, 0.717) is 17.7 Å². The molecule has 1 unspecified atom stereocenters. The number of unbranched alkanes of at least 4 members (excludes halogenated alkanes) is 1. The number of ether oxygens (including phenoxy) is 2. The molecule has 1 heterocycles. The molecule has 1 atom stereocenters. The molecule has 2 aromatic rings. The normalized spacial score (nSPS) is 13.7. The lowest BCUT2D eigenvalue weighted by Crippen LogP contribution is -2.46. The Morgan fingerprint density at radius 3 is 2.27 bits per heavy atom. The summed E-state index contributed by atoms with van der Waals surface area (Å²) >= 11 is 0. The maximum absolute atomic E-state index is 12.8. The van der Waals surface area contributed by atoms with Crippen molar-refractivity contribution >= 4 is 23.6 Å². The first-order valence-corrected chi connectivity index (χ1v) is 9.78. The van der Waals surface area contributed by atoms with Gasteiger partial charge < -0.3 is 9.47 Å². The quantitative estimate of drug-likeness (QED) is 0.359. The second-order valence-corrected chi connectivity index (χ2v) is 6.95. The fourth-order valence-corrected chi connectivity index (χ4v) is 3.35. The lowest BCUT2D eigenvalue weighted by atomic mass is 10.1. The Morgan fingerprint density at radius 1 is 1.00 bits per heavy atom. The predicted molar refractivity (Wildman–Crippen MR) is 109 cm³/mol. The van der Waals surface area contributed by atoms with E-state index in [2.05, 4.69) is 0 Å². The van der Waals surface area contributed by atoms with Gasteiger partial charge in [0, 0.05) is 5.56 Å². The van der Waals surface area contributed by atoms with E-state index in [-0.39, 0.29) is 17.5 Å². The number of carbonyl (C=O) groups excluding carboxylic acids is 4. The van der Waals surface area contributed by atoms with E-state index in [0.717, 1.165) is 11.3 Å². The van der Waals surface area contributed by atoms with Crippen LogP contribution in [0, 0.1) is 0 Å². The van der Waals surface area contributed by atoms with Gasteiger partial charge in [0.1, 0.15) is 11.8 Å². The van der Waals surface area contributed by atoms with Gasteiger partial charge in [-0.3, -0.25) is 19.3 Å². The van der Waals surface area contributed by atoms with Crippen LogP contribution in [0.3, 0.4) is 0 Å². The van der Waals surface area contributed by atoms with Gasteiger partial charge in [0.2, 0.25) is 0 Å². The molecule has 0 aromatic heterocycles. The SMILES string of the molecule is CCCCC(C(=O)OCC(=O)c1cccc(OC)c1)N1C(=O)c2ccccc2C1=O. The van der Waals surface area contributed by atoms with Crippen molar-refractivity contribution in [2.75, 3.05) is 13.7 Å². The molecule has 0 aliphatic carbocycles. The van der Waals surface area contributed by atoms with Crippen LogP contribution in [-0.2, 0) is 9.53 Å². The largest absolute Gasteiger partial charge is 0.497 e. The minimum atomic E-state index is -1.07. The van der Waals surface area contributed by atoms with Crippen molar-refractivity contribution in [1.29, 1.82) is 0 Å². The van der Waals surface area contributed by atoms with Gasteiger partial charge in [-0.2, -0.15) is 0 Å². The zero-order valence-electron chi connectivity index (χ0n) is 16.9. The van der Waals surface area contributed by atoms with Gasteiger partial charge in [0.15, 0.2) is 12.4 Å². The maximum atomic E-state index is 12.8. The minimum absolute atomic E-state index is 0.268. The van der Waals surface area contributed by atoms with Gasteiger partial charge in [0.25, 0.3) is 11.8 Å². The first-order chi connectivity index (χ1) is 14.5. The molecule has 0 N–H and O–H groups in total. The zero-order chi connectivity index (χ0) is 21.7. The molecule has 30 heavy (non-hydrogen) atoms. The maximum Gasteiger partial charge on any atom is 0.329 e. The van der Waals surface area contributed by atoms with Crippen LogP contribution in [0.2, 0.25) is 0 Å². The van der Waals surface area contributed by atoms with Gasteiger partial charge in [-0.15, -0.1) is 0 Å². The molecular weight excluding hydrogens is 386 g/mol. The number of nitrogens with zero attached hydrogens (tertiary/aromatic N) is 1. The highest BCUT2D eigenvalue weighted by atomic mass is 16.5. The summed E-state index contributed by atoms with van der Waals surface area (Å²) in [4.78, 5) is 51.7. The van der Waals surface area contributed by atoms with Crippen LogP contribution in [0.25, 0.3) is 0 Å². The average molecular weight is 409 g/mol. The van der Waals surface area contributed by atoms with E-state index < -0.39 is 36.2 Å². The number of fused-ring (bicyclic) bond motifs is 1. The van der Waals surface area contributed by atoms with Crippen LogP contribution < -0.4 is 4.74 Å². The molecule has 7 heteroatoms. The summed E-state index contributed by atoms with van der Waals surface area (Å²) < 4.78 is 10.3. The molecule has 0 saturated heterocycles. The van der Waals surface area contributed by atoms with Crippen molar-refractivity contribution in [3.63, 3.8) is 0 Å². The van der Waals surface area contributed by atoms with Gasteiger partial charge in [-0.1, -0.05) is 44.0 Å². The highest BCUT2D eigenvalue weighted by Crippen LogP contribution is 2.27. The second kappa shape index (κ2) is 9.35. The number of methoxy groups -OCH3 is 1. The summed E-state index contributed by atoms with van der Waals surface area (Å²) in [6, 6.07) is 11.9. The average Bonchev–Trinajstić information content (AvgIpc) is 3.03. The van der Waals surface area contributed by atoms with Crippen LogP contribution in [0.1, 0.15) is 57.3 Å². The molecule has 0 spiro atoms. The van der Waals surface area contributed by atoms with Crippen molar-refractivity contribution in [1.82, 2.24) is 4.90 Å². The number of Topliss-reactive ketones (excluding diaryl/α,β-unsaturated/α-hetero) is 1. The standard InChI is InChI=1S/C23H23NO6/c1-3-4-12-19(24-21(26)17-10-5-6-11-18(17)22(24)27)23(28)30-14-20(25)15-8-7-9-16(13-15)29-2/h5-11,13,19H,3-4,12,14H2,1-2H3. The number of hydrogen-bond donors (Lipinski definition) is 0. The van der Waals surface area contributed by atoms with Crippen LogP contribution in [0.5, 0.6) is 5.75 Å². The van der Waals surface area contributed by atoms with Crippen molar-refractivity contribution in [3.8, 4) is 5.75 Å². The summed E-state index contributed by atoms with van der Waals surface area (Å²) in [7, 11) is 1.49. The van der Waals surface area contributed by atoms with Crippen LogP contribution in [0.15, 0.2) is 48.5 Å². The Kier molecular flexibility index (Phi) is 6.61. The Labute approximate surface area is 174 Å². The smallest absolute Gasteiger partial charge is 0.329 e. The van der Waals surface area contributed by atoms with Crippen molar-refractivity contribution in [2.45, 2.75) is 32.2 Å². The third-order valence-electron chi connectivity index (χ3n) is 4.98. The monoisotopic (exact) mass is 409 g/mol. The first-order valence-electron chi connectivity index (χ1n) is 9.78.